The fourth-order valence-corrected chi connectivity index (χ4v) is 2.64. The molecule has 0 unspecified atom stereocenters. The van der Waals surface area contributed by atoms with Crippen LogP contribution in [0.2, 0.25) is 0 Å². The van der Waals surface area contributed by atoms with E-state index in [0.29, 0.717) is 12.1 Å². The number of phenols is 1. The summed E-state index contributed by atoms with van der Waals surface area (Å²) in [6.07, 6.45) is 0. The zero-order chi connectivity index (χ0) is 14.8. The van der Waals surface area contributed by atoms with Crippen molar-refractivity contribution in [3.63, 3.8) is 0 Å². The molecule has 0 aliphatic heterocycles. The third kappa shape index (κ3) is 3.34. The zero-order valence-electron chi connectivity index (χ0n) is 11.1. The molecule has 0 saturated heterocycles. The van der Waals surface area contributed by atoms with Gasteiger partial charge in [-0.1, -0.05) is 28.1 Å². The van der Waals surface area contributed by atoms with E-state index in [-0.39, 0.29) is 5.75 Å². The van der Waals surface area contributed by atoms with Gasteiger partial charge in [0.15, 0.2) is 0 Å². The van der Waals surface area contributed by atoms with E-state index in [9.17, 15) is 9.50 Å². The van der Waals surface area contributed by atoms with E-state index in [1.165, 1.54) is 6.07 Å². The van der Waals surface area contributed by atoms with E-state index >= 15 is 0 Å². The van der Waals surface area contributed by atoms with Gasteiger partial charge in [0.1, 0.15) is 11.6 Å². The Kier molecular flexibility index (Phi) is 3.80. The zero-order valence-corrected chi connectivity index (χ0v) is 12.7. The third-order valence-corrected chi connectivity index (χ3v) is 3.73. The average molecular weight is 346 g/mol. The number of fused-ring (bicyclic) bond motifs is 1. The number of benzene rings is 3. The molecule has 0 fully saturated rings. The largest absolute Gasteiger partial charge is 0.508 e. The van der Waals surface area contributed by atoms with Crippen LogP contribution in [0.5, 0.6) is 5.75 Å². The van der Waals surface area contributed by atoms with E-state index < -0.39 is 5.82 Å². The molecule has 0 spiro atoms. The van der Waals surface area contributed by atoms with Gasteiger partial charge >= 0.3 is 0 Å². The summed E-state index contributed by atoms with van der Waals surface area (Å²) in [6.45, 7) is 0.452. The summed E-state index contributed by atoms with van der Waals surface area (Å²) in [4.78, 5) is 0. The van der Waals surface area contributed by atoms with Crippen LogP contribution in [0, 0.1) is 5.82 Å². The van der Waals surface area contributed by atoms with Crippen molar-refractivity contribution in [3.8, 4) is 5.75 Å². The third-order valence-electron chi connectivity index (χ3n) is 3.24. The Morgan fingerprint density at radius 2 is 1.71 bits per heavy atom. The minimum absolute atomic E-state index is 0.0600. The summed E-state index contributed by atoms with van der Waals surface area (Å²) in [7, 11) is 0. The molecule has 0 bridgehead atoms. The highest BCUT2D eigenvalue weighted by atomic mass is 79.9. The van der Waals surface area contributed by atoms with Gasteiger partial charge in [0.05, 0.1) is 0 Å². The maximum atomic E-state index is 13.2. The molecule has 0 heterocycles. The number of aromatic hydroxyl groups is 1. The van der Waals surface area contributed by atoms with Gasteiger partial charge in [0.25, 0.3) is 0 Å². The Bertz CT molecular complexity index is 784. The van der Waals surface area contributed by atoms with Crippen molar-refractivity contribution in [2.24, 2.45) is 0 Å². The Hall–Kier alpha value is -2.07. The second-order valence-electron chi connectivity index (χ2n) is 4.88. The molecular weight excluding hydrogens is 333 g/mol. The number of nitrogens with one attached hydrogen (secondary N) is 1. The van der Waals surface area contributed by atoms with Crippen molar-refractivity contribution in [1.82, 2.24) is 0 Å². The van der Waals surface area contributed by atoms with Gasteiger partial charge in [-0.3, -0.25) is 0 Å². The minimum Gasteiger partial charge on any atom is -0.508 e. The highest BCUT2D eigenvalue weighted by Crippen LogP contribution is 2.23. The van der Waals surface area contributed by atoms with E-state index in [1.54, 1.807) is 6.07 Å². The second kappa shape index (κ2) is 5.74. The molecule has 3 aromatic carbocycles. The average Bonchev–Trinajstić information content (AvgIpc) is 2.44. The van der Waals surface area contributed by atoms with Crippen LogP contribution in [-0.2, 0) is 6.54 Å². The second-order valence-corrected chi connectivity index (χ2v) is 5.79. The smallest absolute Gasteiger partial charge is 0.127 e. The first-order valence-electron chi connectivity index (χ1n) is 6.52. The lowest BCUT2D eigenvalue weighted by Gasteiger charge is -2.09. The minimum atomic E-state index is -0.435. The maximum Gasteiger partial charge on any atom is 0.127 e. The highest BCUT2D eigenvalue weighted by Gasteiger charge is 2.01. The molecule has 0 aliphatic carbocycles. The van der Waals surface area contributed by atoms with Gasteiger partial charge in [0, 0.05) is 22.8 Å². The van der Waals surface area contributed by atoms with Gasteiger partial charge in [0.2, 0.25) is 0 Å². The van der Waals surface area contributed by atoms with Crippen LogP contribution in [0.1, 0.15) is 5.56 Å². The fourth-order valence-electron chi connectivity index (χ4n) is 2.27. The Balaban J connectivity index is 1.80. The Labute approximate surface area is 130 Å². The van der Waals surface area contributed by atoms with E-state index in [1.807, 2.05) is 30.3 Å². The first-order chi connectivity index (χ1) is 10.1. The molecule has 3 aromatic rings. The van der Waals surface area contributed by atoms with Crippen molar-refractivity contribution in [1.29, 1.82) is 0 Å². The number of rotatable bonds is 3. The van der Waals surface area contributed by atoms with Crippen LogP contribution < -0.4 is 5.32 Å². The van der Waals surface area contributed by atoms with Gasteiger partial charge in [-0.15, -0.1) is 0 Å². The molecule has 4 heteroatoms. The lowest BCUT2D eigenvalue weighted by molar-refractivity contribution is 0.468. The first-order valence-corrected chi connectivity index (χ1v) is 7.31. The van der Waals surface area contributed by atoms with Crippen LogP contribution in [0.15, 0.2) is 59.1 Å². The normalized spacial score (nSPS) is 10.8. The number of anilines is 1. The molecule has 2 nitrogen and oxygen atoms in total. The maximum absolute atomic E-state index is 13.2. The monoisotopic (exact) mass is 345 g/mol. The Morgan fingerprint density at radius 1 is 0.952 bits per heavy atom. The summed E-state index contributed by atoms with van der Waals surface area (Å²) in [5.41, 5.74) is 1.65. The molecule has 0 amide bonds. The van der Waals surface area contributed by atoms with Crippen molar-refractivity contribution < 1.29 is 9.50 Å². The predicted molar refractivity (Wildman–Crippen MR) is 87.0 cm³/mol. The van der Waals surface area contributed by atoms with Gasteiger partial charge in [-0.2, -0.15) is 0 Å². The van der Waals surface area contributed by atoms with Crippen LogP contribution in [0.3, 0.4) is 0 Å². The van der Waals surface area contributed by atoms with Crippen molar-refractivity contribution >= 4 is 32.4 Å². The molecule has 0 saturated carbocycles. The van der Waals surface area contributed by atoms with Crippen LogP contribution in [-0.4, -0.2) is 5.11 Å². The standard InChI is InChI=1S/C17H13BrFNO/c18-14-3-1-13-8-16(4-2-12(13)7-14)20-10-11-5-15(19)9-17(21)6-11/h1-9,20-21H,10H2. The van der Waals surface area contributed by atoms with E-state index in [2.05, 4.69) is 27.3 Å². The van der Waals surface area contributed by atoms with Crippen molar-refractivity contribution in [2.75, 3.05) is 5.32 Å². The molecule has 21 heavy (non-hydrogen) atoms. The van der Waals surface area contributed by atoms with Gasteiger partial charge in [-0.05, 0) is 52.7 Å². The molecule has 2 N–H and O–H groups in total. The fraction of sp³-hybridized carbons (Fsp3) is 0.0588. The molecule has 0 atom stereocenters. The topological polar surface area (TPSA) is 32.3 Å². The van der Waals surface area contributed by atoms with Crippen molar-refractivity contribution in [2.45, 2.75) is 6.54 Å². The summed E-state index contributed by atoms with van der Waals surface area (Å²) in [5, 5.41) is 14.9. The van der Waals surface area contributed by atoms with Crippen LogP contribution in [0.4, 0.5) is 10.1 Å². The molecule has 0 aliphatic rings. The Morgan fingerprint density at radius 3 is 2.52 bits per heavy atom. The predicted octanol–water partition coefficient (Wildman–Crippen LogP) is 5.06. The van der Waals surface area contributed by atoms with Gasteiger partial charge < -0.3 is 10.4 Å². The SMILES string of the molecule is Oc1cc(F)cc(CNc2ccc3cc(Br)ccc3c2)c1. The molecule has 0 aromatic heterocycles. The van der Waals surface area contributed by atoms with E-state index in [0.717, 1.165) is 27.0 Å². The first kappa shape index (κ1) is 13.9. The number of phenolic OH excluding ortho intramolecular Hbond substituents is 1. The lowest BCUT2D eigenvalue weighted by atomic mass is 10.1. The number of hydrogen-bond acceptors (Lipinski definition) is 2. The summed E-state index contributed by atoms with van der Waals surface area (Å²) in [6, 6.07) is 16.2. The van der Waals surface area contributed by atoms with E-state index in [4.69, 9.17) is 0 Å². The van der Waals surface area contributed by atoms with Crippen molar-refractivity contribution in [3.05, 3.63) is 70.5 Å². The molecule has 106 valence electrons. The van der Waals surface area contributed by atoms with Crippen LogP contribution in [0.25, 0.3) is 10.8 Å². The summed E-state index contributed by atoms with van der Waals surface area (Å²) in [5.74, 6) is -0.495. The molecular formula is C17H13BrFNO. The molecule has 0 radical (unpaired) electrons. The summed E-state index contributed by atoms with van der Waals surface area (Å²) < 4.78 is 14.3. The highest BCUT2D eigenvalue weighted by molar-refractivity contribution is 9.10. The molecule has 3 rings (SSSR count). The summed E-state index contributed by atoms with van der Waals surface area (Å²) >= 11 is 3.45. The van der Waals surface area contributed by atoms with Crippen LogP contribution >= 0.6 is 15.9 Å². The quantitative estimate of drug-likeness (QED) is 0.695. The number of hydrogen-bond donors (Lipinski definition) is 2. The van der Waals surface area contributed by atoms with Gasteiger partial charge in [-0.25, -0.2) is 4.39 Å². The lowest BCUT2D eigenvalue weighted by Crippen LogP contribution is -1.99. The number of halogens is 2.